The lowest BCUT2D eigenvalue weighted by Crippen LogP contribution is -2.46. The highest BCUT2D eigenvalue weighted by Crippen LogP contribution is 2.21. The average molecular weight is 308 g/mol. The smallest absolute Gasteiger partial charge is 0.152 e. The summed E-state index contributed by atoms with van der Waals surface area (Å²) >= 11 is 0. The van der Waals surface area contributed by atoms with Crippen LogP contribution in [0.15, 0.2) is 48.5 Å². The third-order valence-electron chi connectivity index (χ3n) is 4.19. The highest BCUT2D eigenvalue weighted by Gasteiger charge is 2.18. The van der Waals surface area contributed by atoms with Crippen LogP contribution < -0.4 is 10.6 Å². The molecule has 2 N–H and O–H groups in total. The molecule has 0 unspecified atom stereocenters. The summed E-state index contributed by atoms with van der Waals surface area (Å²) in [5.41, 5.74) is 9.11. The van der Waals surface area contributed by atoms with E-state index in [1.807, 2.05) is 25.1 Å². The largest absolute Gasteiger partial charge is 0.396 e. The van der Waals surface area contributed by atoms with Crippen LogP contribution in [0.25, 0.3) is 6.08 Å². The van der Waals surface area contributed by atoms with Gasteiger partial charge in [-0.3, -0.25) is 4.90 Å². The van der Waals surface area contributed by atoms with Gasteiger partial charge in [-0.05, 0) is 24.6 Å². The first kappa shape index (κ1) is 15.6. The van der Waals surface area contributed by atoms with Crippen molar-refractivity contribution in [3.63, 3.8) is 0 Å². The summed E-state index contributed by atoms with van der Waals surface area (Å²) in [5.74, 6) is 0.935. The van der Waals surface area contributed by atoms with Gasteiger partial charge in [-0.2, -0.15) is 0 Å². The van der Waals surface area contributed by atoms with Gasteiger partial charge < -0.3 is 10.6 Å². The summed E-state index contributed by atoms with van der Waals surface area (Å²) in [6, 6.07) is 14.3. The van der Waals surface area contributed by atoms with E-state index in [0.717, 1.165) is 49.9 Å². The molecule has 2 heterocycles. The highest BCUT2D eigenvalue weighted by molar-refractivity contribution is 5.63. The maximum atomic E-state index is 6.07. The van der Waals surface area contributed by atoms with Gasteiger partial charge >= 0.3 is 0 Å². The summed E-state index contributed by atoms with van der Waals surface area (Å²) in [4.78, 5) is 9.34. The van der Waals surface area contributed by atoms with Crippen molar-refractivity contribution < 1.29 is 0 Å². The van der Waals surface area contributed by atoms with Gasteiger partial charge in [0.2, 0.25) is 0 Å². The van der Waals surface area contributed by atoms with Gasteiger partial charge in [0.25, 0.3) is 0 Å². The van der Waals surface area contributed by atoms with Crippen molar-refractivity contribution in [2.45, 2.75) is 6.92 Å². The molecule has 2 aromatic rings. The van der Waals surface area contributed by atoms with Crippen LogP contribution in [0.2, 0.25) is 0 Å². The quantitative estimate of drug-likeness (QED) is 0.943. The molecule has 0 saturated carbocycles. The van der Waals surface area contributed by atoms with Crippen LogP contribution in [-0.2, 0) is 0 Å². The normalized spacial score (nSPS) is 16.1. The monoisotopic (exact) mass is 308 g/mol. The summed E-state index contributed by atoms with van der Waals surface area (Å²) < 4.78 is 0. The molecule has 0 spiro atoms. The lowest BCUT2D eigenvalue weighted by molar-refractivity contribution is 0.284. The minimum atomic E-state index is 0.771. The van der Waals surface area contributed by atoms with Gasteiger partial charge in [0, 0.05) is 38.4 Å². The Morgan fingerprint density at radius 1 is 1.04 bits per heavy atom. The molecule has 0 amide bonds. The summed E-state index contributed by atoms with van der Waals surface area (Å²) in [6.45, 7) is 7.01. The first-order chi connectivity index (χ1) is 11.2. The molecule has 120 valence electrons. The van der Waals surface area contributed by atoms with Crippen LogP contribution in [0.4, 0.5) is 11.5 Å². The Kier molecular flexibility index (Phi) is 4.93. The Bertz CT molecular complexity index is 658. The number of rotatable bonds is 4. The Morgan fingerprint density at radius 2 is 1.78 bits per heavy atom. The molecule has 1 aromatic heterocycles. The highest BCUT2D eigenvalue weighted by atomic mass is 15.3. The number of piperazine rings is 1. The molecule has 1 aromatic carbocycles. The molecule has 1 aliphatic rings. The minimum absolute atomic E-state index is 0.771. The van der Waals surface area contributed by atoms with Crippen LogP contribution >= 0.6 is 0 Å². The van der Waals surface area contributed by atoms with E-state index in [1.165, 1.54) is 5.56 Å². The van der Waals surface area contributed by atoms with Crippen molar-refractivity contribution in [2.75, 3.05) is 43.4 Å². The molecule has 1 saturated heterocycles. The second kappa shape index (κ2) is 7.29. The van der Waals surface area contributed by atoms with Gasteiger partial charge in [0.1, 0.15) is 0 Å². The van der Waals surface area contributed by atoms with E-state index < -0.39 is 0 Å². The Balaban J connectivity index is 1.52. The lowest BCUT2D eigenvalue weighted by Gasteiger charge is -2.35. The molecule has 0 aliphatic carbocycles. The standard InChI is InChI=1S/C19H24N4/c1-16-9-10-18(20)19(21-16)23-14-12-22(13-15-23)11-5-8-17-6-3-2-4-7-17/h2-10H,11-15,20H2,1H3/b8-5+. The van der Waals surface area contributed by atoms with Crippen molar-refractivity contribution in [2.24, 2.45) is 0 Å². The topological polar surface area (TPSA) is 45.4 Å². The van der Waals surface area contributed by atoms with Gasteiger partial charge in [0.15, 0.2) is 5.82 Å². The third-order valence-corrected chi connectivity index (χ3v) is 4.19. The van der Waals surface area contributed by atoms with Crippen molar-refractivity contribution >= 4 is 17.6 Å². The number of nitrogens with zero attached hydrogens (tertiary/aromatic N) is 3. The molecule has 0 bridgehead atoms. The maximum absolute atomic E-state index is 6.07. The second-order valence-electron chi connectivity index (χ2n) is 5.97. The van der Waals surface area contributed by atoms with Crippen molar-refractivity contribution in [3.8, 4) is 0 Å². The van der Waals surface area contributed by atoms with Gasteiger partial charge in [0.05, 0.1) is 5.69 Å². The summed E-state index contributed by atoms with van der Waals surface area (Å²) in [7, 11) is 0. The zero-order valence-corrected chi connectivity index (χ0v) is 13.7. The number of nitrogens with two attached hydrogens (primary N) is 1. The fraction of sp³-hybridized carbons (Fsp3) is 0.316. The molecule has 4 heteroatoms. The SMILES string of the molecule is Cc1ccc(N)c(N2CCN(C/C=C/c3ccccc3)CC2)n1. The summed E-state index contributed by atoms with van der Waals surface area (Å²) in [6.07, 6.45) is 4.43. The first-order valence-corrected chi connectivity index (χ1v) is 8.14. The van der Waals surface area contributed by atoms with Gasteiger partial charge in [-0.25, -0.2) is 4.98 Å². The van der Waals surface area contributed by atoms with Gasteiger partial charge in [-0.15, -0.1) is 0 Å². The molecular weight excluding hydrogens is 284 g/mol. The van der Waals surface area contributed by atoms with E-state index in [2.05, 4.69) is 51.2 Å². The van der Waals surface area contributed by atoms with E-state index in [-0.39, 0.29) is 0 Å². The Labute approximate surface area is 138 Å². The molecular formula is C19H24N4. The van der Waals surface area contributed by atoms with Crippen molar-refractivity contribution in [1.82, 2.24) is 9.88 Å². The van der Waals surface area contributed by atoms with E-state index in [0.29, 0.717) is 0 Å². The van der Waals surface area contributed by atoms with Gasteiger partial charge in [-0.1, -0.05) is 42.5 Å². The number of aromatic nitrogens is 1. The second-order valence-corrected chi connectivity index (χ2v) is 5.97. The molecule has 23 heavy (non-hydrogen) atoms. The van der Waals surface area contributed by atoms with Crippen LogP contribution in [0.1, 0.15) is 11.3 Å². The first-order valence-electron chi connectivity index (χ1n) is 8.14. The maximum Gasteiger partial charge on any atom is 0.152 e. The predicted molar refractivity (Wildman–Crippen MR) is 97.5 cm³/mol. The van der Waals surface area contributed by atoms with Crippen molar-refractivity contribution in [1.29, 1.82) is 0 Å². The molecule has 3 rings (SSSR count). The Hall–Kier alpha value is -2.33. The zero-order valence-electron chi connectivity index (χ0n) is 13.7. The predicted octanol–water partition coefficient (Wildman–Crippen LogP) is 2.81. The molecule has 0 atom stereocenters. The van der Waals surface area contributed by atoms with Crippen LogP contribution in [-0.4, -0.2) is 42.6 Å². The molecule has 1 aliphatic heterocycles. The third kappa shape index (κ3) is 4.11. The molecule has 0 radical (unpaired) electrons. The number of pyridine rings is 1. The number of hydrogen-bond donors (Lipinski definition) is 1. The summed E-state index contributed by atoms with van der Waals surface area (Å²) in [5, 5.41) is 0. The van der Waals surface area contributed by atoms with Crippen molar-refractivity contribution in [3.05, 3.63) is 59.8 Å². The van der Waals surface area contributed by atoms with E-state index in [1.54, 1.807) is 0 Å². The molecule has 4 nitrogen and oxygen atoms in total. The lowest BCUT2D eigenvalue weighted by atomic mass is 10.2. The molecule has 1 fully saturated rings. The average Bonchev–Trinajstić information content (AvgIpc) is 2.59. The fourth-order valence-corrected chi connectivity index (χ4v) is 2.85. The fourth-order valence-electron chi connectivity index (χ4n) is 2.85. The van der Waals surface area contributed by atoms with E-state index in [4.69, 9.17) is 5.73 Å². The van der Waals surface area contributed by atoms with Crippen LogP contribution in [0.3, 0.4) is 0 Å². The Morgan fingerprint density at radius 3 is 2.52 bits per heavy atom. The van der Waals surface area contributed by atoms with E-state index in [9.17, 15) is 0 Å². The number of hydrogen-bond acceptors (Lipinski definition) is 4. The minimum Gasteiger partial charge on any atom is -0.396 e. The number of benzene rings is 1. The van der Waals surface area contributed by atoms with Crippen LogP contribution in [0, 0.1) is 6.92 Å². The number of aryl methyl sites for hydroxylation is 1. The van der Waals surface area contributed by atoms with E-state index >= 15 is 0 Å². The number of nitrogen functional groups attached to an aromatic ring is 1. The zero-order chi connectivity index (χ0) is 16.1. The van der Waals surface area contributed by atoms with Crippen LogP contribution in [0.5, 0.6) is 0 Å². The number of anilines is 2.